The molecule has 5 nitrogen and oxygen atoms in total. The number of aryl methyl sites for hydroxylation is 1. The molecule has 0 atom stereocenters. The number of hydrogen-bond donors (Lipinski definition) is 0. The third-order valence-corrected chi connectivity index (χ3v) is 5.90. The topological polar surface area (TPSA) is 70.4 Å². The summed E-state index contributed by atoms with van der Waals surface area (Å²) in [6.07, 6.45) is 2.41. The lowest BCUT2D eigenvalue weighted by atomic mass is 9.97. The lowest BCUT2D eigenvalue weighted by molar-refractivity contribution is -0.0498. The van der Waals surface area contributed by atoms with Crippen LogP contribution in [0.1, 0.15) is 30.9 Å². The summed E-state index contributed by atoms with van der Waals surface area (Å²) >= 11 is 0. The molecule has 1 aliphatic carbocycles. The molecule has 1 aromatic rings. The van der Waals surface area contributed by atoms with Gasteiger partial charge in [-0.1, -0.05) is 13.0 Å². The van der Waals surface area contributed by atoms with Gasteiger partial charge in [0.15, 0.2) is 0 Å². The molecule has 0 amide bonds. The minimum atomic E-state index is -3.63. The van der Waals surface area contributed by atoms with E-state index < -0.39 is 16.6 Å². The molecule has 0 saturated carbocycles. The SMILES string of the molecule is CCN(CCC#N)S(=O)(=O)C1=Cc2ccc(OC(F)F)cc2CC1. The first-order valence-electron chi connectivity index (χ1n) is 7.54. The molecule has 0 radical (unpaired) electrons. The first kappa shape index (κ1) is 18.4. The Morgan fingerprint density at radius 2 is 2.12 bits per heavy atom. The molecular formula is C16H18F2N2O3S. The van der Waals surface area contributed by atoms with E-state index in [-0.39, 0.29) is 36.6 Å². The van der Waals surface area contributed by atoms with Gasteiger partial charge in [-0.15, -0.1) is 0 Å². The van der Waals surface area contributed by atoms with Crippen LogP contribution in [0.25, 0.3) is 6.08 Å². The summed E-state index contributed by atoms with van der Waals surface area (Å²) in [6, 6.07) is 6.42. The molecule has 0 heterocycles. The minimum absolute atomic E-state index is 0.0627. The lowest BCUT2D eigenvalue weighted by Gasteiger charge is -2.24. The van der Waals surface area contributed by atoms with Crippen molar-refractivity contribution >= 4 is 16.1 Å². The molecule has 0 fully saturated rings. The second-order valence-corrected chi connectivity index (χ2v) is 7.25. The fraction of sp³-hybridized carbons (Fsp3) is 0.438. The third kappa shape index (κ3) is 4.10. The quantitative estimate of drug-likeness (QED) is 0.752. The van der Waals surface area contributed by atoms with E-state index in [0.717, 1.165) is 5.56 Å². The van der Waals surface area contributed by atoms with Crippen LogP contribution in [0, 0.1) is 11.3 Å². The van der Waals surface area contributed by atoms with E-state index in [4.69, 9.17) is 5.26 Å². The predicted octanol–water partition coefficient (Wildman–Crippen LogP) is 3.14. The zero-order valence-electron chi connectivity index (χ0n) is 13.2. The molecule has 0 spiro atoms. The number of alkyl halides is 2. The zero-order chi connectivity index (χ0) is 17.7. The number of hydrogen-bond acceptors (Lipinski definition) is 4. The molecule has 0 saturated heterocycles. The fourth-order valence-electron chi connectivity index (χ4n) is 2.61. The molecule has 1 aromatic carbocycles. The highest BCUT2D eigenvalue weighted by Crippen LogP contribution is 2.31. The highest BCUT2D eigenvalue weighted by molar-refractivity contribution is 7.93. The van der Waals surface area contributed by atoms with Crippen molar-refractivity contribution in [2.45, 2.75) is 32.8 Å². The van der Waals surface area contributed by atoms with Crippen molar-refractivity contribution in [1.29, 1.82) is 5.26 Å². The van der Waals surface area contributed by atoms with Gasteiger partial charge in [0.2, 0.25) is 10.0 Å². The number of sulfonamides is 1. The van der Waals surface area contributed by atoms with Crippen molar-refractivity contribution in [3.63, 3.8) is 0 Å². The maximum absolute atomic E-state index is 12.7. The molecule has 2 rings (SSSR count). The fourth-order valence-corrected chi connectivity index (χ4v) is 4.25. The molecule has 24 heavy (non-hydrogen) atoms. The number of nitriles is 1. The number of nitrogens with zero attached hydrogens (tertiary/aromatic N) is 2. The van der Waals surface area contributed by atoms with Crippen LogP contribution in [-0.2, 0) is 16.4 Å². The van der Waals surface area contributed by atoms with Crippen molar-refractivity contribution in [3.05, 3.63) is 34.2 Å². The van der Waals surface area contributed by atoms with E-state index in [1.165, 1.54) is 16.4 Å². The monoisotopic (exact) mass is 356 g/mol. The summed E-state index contributed by atoms with van der Waals surface area (Å²) < 4.78 is 55.5. The van der Waals surface area contributed by atoms with Crippen molar-refractivity contribution < 1.29 is 21.9 Å². The molecular weight excluding hydrogens is 338 g/mol. The molecule has 1 aliphatic rings. The number of allylic oxidation sites excluding steroid dienone is 1. The maximum Gasteiger partial charge on any atom is 0.387 e. The summed E-state index contributed by atoms with van der Waals surface area (Å²) in [7, 11) is -3.63. The molecule has 8 heteroatoms. The number of benzene rings is 1. The normalized spacial score (nSPS) is 14.2. The van der Waals surface area contributed by atoms with Gasteiger partial charge in [-0.2, -0.15) is 18.3 Å². The van der Waals surface area contributed by atoms with Crippen LogP contribution in [-0.4, -0.2) is 32.4 Å². The Morgan fingerprint density at radius 3 is 2.75 bits per heavy atom. The summed E-state index contributed by atoms with van der Waals surface area (Å²) in [5, 5.41) is 8.65. The Morgan fingerprint density at radius 1 is 1.38 bits per heavy atom. The van der Waals surface area contributed by atoms with Gasteiger partial charge in [0, 0.05) is 19.5 Å². The molecule has 0 aromatic heterocycles. The Balaban J connectivity index is 2.28. The largest absolute Gasteiger partial charge is 0.435 e. The first-order chi connectivity index (χ1) is 11.4. The predicted molar refractivity (Wildman–Crippen MR) is 85.8 cm³/mol. The van der Waals surface area contributed by atoms with Crippen molar-refractivity contribution in [2.24, 2.45) is 0 Å². The van der Waals surface area contributed by atoms with Crippen LogP contribution in [0.5, 0.6) is 5.75 Å². The molecule has 0 bridgehead atoms. The second-order valence-electron chi connectivity index (χ2n) is 5.25. The summed E-state index contributed by atoms with van der Waals surface area (Å²) in [4.78, 5) is 0.275. The number of halogens is 2. The lowest BCUT2D eigenvalue weighted by Crippen LogP contribution is -2.33. The smallest absolute Gasteiger partial charge is 0.387 e. The van der Waals surface area contributed by atoms with Crippen molar-refractivity contribution in [3.8, 4) is 11.8 Å². The zero-order valence-corrected chi connectivity index (χ0v) is 14.0. The van der Waals surface area contributed by atoms with Crippen molar-refractivity contribution in [1.82, 2.24) is 4.31 Å². The molecule has 130 valence electrons. The van der Waals surface area contributed by atoms with Crippen LogP contribution in [0.2, 0.25) is 0 Å². The van der Waals surface area contributed by atoms with Crippen LogP contribution in [0.4, 0.5) is 8.78 Å². The van der Waals surface area contributed by atoms with Crippen LogP contribution >= 0.6 is 0 Å². The highest BCUT2D eigenvalue weighted by atomic mass is 32.2. The first-order valence-corrected chi connectivity index (χ1v) is 8.98. The van der Waals surface area contributed by atoms with Gasteiger partial charge in [0.05, 0.1) is 11.0 Å². The number of ether oxygens (including phenoxy) is 1. The summed E-state index contributed by atoms with van der Waals surface area (Å²) in [5.74, 6) is 0.0627. The molecule has 0 N–H and O–H groups in total. The average molecular weight is 356 g/mol. The van der Waals surface area contributed by atoms with Gasteiger partial charge in [0.25, 0.3) is 0 Å². The summed E-state index contributed by atoms with van der Waals surface area (Å²) in [5.41, 5.74) is 1.45. The second kappa shape index (κ2) is 7.73. The number of fused-ring (bicyclic) bond motifs is 1. The van der Waals surface area contributed by atoms with E-state index >= 15 is 0 Å². The van der Waals surface area contributed by atoms with Crippen LogP contribution in [0.15, 0.2) is 23.1 Å². The average Bonchev–Trinajstić information content (AvgIpc) is 2.54. The number of rotatable bonds is 7. The van der Waals surface area contributed by atoms with Gasteiger partial charge < -0.3 is 4.74 Å². The van der Waals surface area contributed by atoms with Gasteiger partial charge in [-0.05, 0) is 42.2 Å². The highest BCUT2D eigenvalue weighted by Gasteiger charge is 2.27. The standard InChI is InChI=1S/C16H18F2N2O3S/c1-2-20(9-3-8-19)24(21,22)15-7-5-12-10-14(23-16(17)18)6-4-13(12)11-15/h4,6,10-11,16H,2-3,5,7,9H2,1H3. The Kier molecular flexibility index (Phi) is 5.91. The Hall–Kier alpha value is -1.98. The Bertz CT molecular complexity index is 770. The van der Waals surface area contributed by atoms with E-state index in [2.05, 4.69) is 4.74 Å². The molecule has 0 aliphatic heterocycles. The van der Waals surface area contributed by atoms with E-state index in [1.807, 2.05) is 6.07 Å². The van der Waals surface area contributed by atoms with Gasteiger partial charge in [-0.25, -0.2) is 8.42 Å². The Labute approximate surface area is 140 Å². The van der Waals surface area contributed by atoms with Gasteiger partial charge in [-0.3, -0.25) is 0 Å². The third-order valence-electron chi connectivity index (χ3n) is 3.79. The van der Waals surface area contributed by atoms with E-state index in [0.29, 0.717) is 12.0 Å². The summed E-state index contributed by atoms with van der Waals surface area (Å²) in [6.45, 7) is -0.729. The molecule has 0 unspecified atom stereocenters. The van der Waals surface area contributed by atoms with Gasteiger partial charge in [0.1, 0.15) is 5.75 Å². The van der Waals surface area contributed by atoms with Crippen LogP contribution < -0.4 is 4.74 Å². The van der Waals surface area contributed by atoms with E-state index in [9.17, 15) is 17.2 Å². The van der Waals surface area contributed by atoms with Crippen LogP contribution in [0.3, 0.4) is 0 Å². The van der Waals surface area contributed by atoms with Gasteiger partial charge >= 0.3 is 6.61 Å². The maximum atomic E-state index is 12.7. The van der Waals surface area contributed by atoms with Crippen molar-refractivity contribution in [2.75, 3.05) is 13.1 Å². The minimum Gasteiger partial charge on any atom is -0.435 e. The van der Waals surface area contributed by atoms with E-state index in [1.54, 1.807) is 19.1 Å².